The van der Waals surface area contributed by atoms with Crippen LogP contribution in [0.4, 0.5) is 0 Å². The molecule has 0 spiro atoms. The van der Waals surface area contributed by atoms with Gasteiger partial charge in [0, 0.05) is 13.1 Å². The smallest absolute Gasteiger partial charge is 0.320 e. The molecule has 2 atom stereocenters. The summed E-state index contributed by atoms with van der Waals surface area (Å²) in [5, 5.41) is 18.5. The Morgan fingerprint density at radius 1 is 1.40 bits per heavy atom. The fraction of sp³-hybridized carbons (Fsp3) is 0.900. The molecule has 0 radical (unpaired) electrons. The number of hydrogen-bond acceptors (Lipinski definition) is 5. The van der Waals surface area contributed by atoms with Crippen LogP contribution in [-0.4, -0.2) is 59.5 Å². The fourth-order valence-corrected chi connectivity index (χ4v) is 1.53. The third kappa shape index (κ3) is 4.15. The summed E-state index contributed by atoms with van der Waals surface area (Å²) in [6.07, 6.45) is 0.382. The minimum atomic E-state index is -0.742. The Hall–Kier alpha value is -0.650. The lowest BCUT2D eigenvalue weighted by atomic mass is 10.3. The summed E-state index contributed by atoms with van der Waals surface area (Å²) in [6.45, 7) is 3.31. The number of ether oxygens (including phenoxy) is 1. The molecular weight excluding hydrogens is 198 g/mol. The maximum Gasteiger partial charge on any atom is 0.320 e. The van der Waals surface area contributed by atoms with Crippen molar-refractivity contribution >= 4 is 5.97 Å². The highest BCUT2D eigenvalue weighted by molar-refractivity contribution is 5.71. The fourth-order valence-electron chi connectivity index (χ4n) is 1.53. The van der Waals surface area contributed by atoms with Crippen LogP contribution in [0.15, 0.2) is 0 Å². The van der Waals surface area contributed by atoms with E-state index < -0.39 is 12.2 Å². The maximum absolute atomic E-state index is 11.3. The number of rotatable bonds is 5. The molecule has 5 nitrogen and oxygen atoms in total. The number of nitrogens with zero attached hydrogens (tertiary/aromatic N) is 1. The van der Waals surface area contributed by atoms with Gasteiger partial charge in [0.25, 0.3) is 0 Å². The molecule has 1 fully saturated rings. The highest BCUT2D eigenvalue weighted by atomic mass is 16.5. The van der Waals surface area contributed by atoms with Crippen molar-refractivity contribution in [3.05, 3.63) is 0 Å². The zero-order valence-electron chi connectivity index (χ0n) is 9.06. The van der Waals surface area contributed by atoms with Gasteiger partial charge in [0.2, 0.25) is 0 Å². The van der Waals surface area contributed by atoms with Gasteiger partial charge in [0.05, 0.1) is 25.4 Å². The molecule has 0 aromatic heterocycles. The number of carbonyl (C=O) groups is 1. The Kier molecular flexibility index (Phi) is 5.01. The van der Waals surface area contributed by atoms with E-state index in [1.54, 1.807) is 4.90 Å². The SMILES string of the molecule is CCCCOC(=O)CN1C[C@@H](O)[C@@H](O)C1. The molecule has 1 aliphatic heterocycles. The molecule has 88 valence electrons. The van der Waals surface area contributed by atoms with E-state index in [4.69, 9.17) is 4.74 Å². The number of esters is 1. The van der Waals surface area contributed by atoms with Crippen molar-refractivity contribution in [3.63, 3.8) is 0 Å². The van der Waals surface area contributed by atoms with Gasteiger partial charge in [-0.15, -0.1) is 0 Å². The minimum absolute atomic E-state index is 0.151. The molecule has 0 unspecified atom stereocenters. The van der Waals surface area contributed by atoms with Gasteiger partial charge in [-0.25, -0.2) is 0 Å². The number of aliphatic hydroxyl groups is 2. The molecule has 2 N–H and O–H groups in total. The van der Waals surface area contributed by atoms with Crippen molar-refractivity contribution in [2.45, 2.75) is 32.0 Å². The highest BCUT2D eigenvalue weighted by Gasteiger charge is 2.30. The van der Waals surface area contributed by atoms with Crippen LogP contribution in [0.25, 0.3) is 0 Å². The largest absolute Gasteiger partial charge is 0.465 e. The first kappa shape index (κ1) is 12.4. The van der Waals surface area contributed by atoms with E-state index in [-0.39, 0.29) is 12.5 Å². The second-order valence-electron chi connectivity index (χ2n) is 3.90. The predicted octanol–water partition coefficient (Wildman–Crippen LogP) is -0.633. The standard InChI is InChI=1S/C10H19NO4/c1-2-3-4-15-10(14)7-11-5-8(12)9(13)6-11/h8-9,12-13H,2-7H2,1H3/t8-,9+. The number of hydrogen-bond donors (Lipinski definition) is 2. The van der Waals surface area contributed by atoms with Gasteiger partial charge in [-0.05, 0) is 6.42 Å². The predicted molar refractivity (Wildman–Crippen MR) is 54.3 cm³/mol. The number of unbranched alkanes of at least 4 members (excludes halogenated alkanes) is 1. The number of aliphatic hydroxyl groups excluding tert-OH is 2. The molecule has 0 aliphatic carbocycles. The Balaban J connectivity index is 2.16. The summed E-state index contributed by atoms with van der Waals surface area (Å²) in [7, 11) is 0. The Morgan fingerprint density at radius 3 is 2.53 bits per heavy atom. The Morgan fingerprint density at radius 2 is 2.00 bits per heavy atom. The zero-order valence-corrected chi connectivity index (χ0v) is 9.06. The topological polar surface area (TPSA) is 70.0 Å². The van der Waals surface area contributed by atoms with Gasteiger partial charge < -0.3 is 14.9 Å². The molecule has 1 heterocycles. The van der Waals surface area contributed by atoms with E-state index in [1.165, 1.54) is 0 Å². The molecule has 1 aliphatic rings. The van der Waals surface area contributed by atoms with Crippen LogP contribution >= 0.6 is 0 Å². The average molecular weight is 217 g/mol. The molecule has 5 heteroatoms. The van der Waals surface area contributed by atoms with E-state index in [1.807, 2.05) is 6.92 Å². The molecule has 0 aromatic carbocycles. The second kappa shape index (κ2) is 6.05. The summed E-state index contributed by atoms with van der Waals surface area (Å²) in [5.41, 5.74) is 0. The van der Waals surface area contributed by atoms with Crippen LogP contribution in [0.3, 0.4) is 0 Å². The molecular formula is C10H19NO4. The van der Waals surface area contributed by atoms with Crippen molar-refractivity contribution in [3.8, 4) is 0 Å². The molecule has 0 bridgehead atoms. The van der Waals surface area contributed by atoms with Crippen molar-refractivity contribution in [2.24, 2.45) is 0 Å². The van der Waals surface area contributed by atoms with Crippen LogP contribution in [0, 0.1) is 0 Å². The summed E-state index contributed by atoms with van der Waals surface area (Å²) >= 11 is 0. The molecule has 0 aromatic rings. The van der Waals surface area contributed by atoms with Crippen molar-refractivity contribution in [1.29, 1.82) is 0 Å². The van der Waals surface area contributed by atoms with Gasteiger partial charge in [-0.1, -0.05) is 13.3 Å². The molecule has 1 rings (SSSR count). The van der Waals surface area contributed by atoms with Crippen LogP contribution in [0.2, 0.25) is 0 Å². The van der Waals surface area contributed by atoms with E-state index in [0.717, 1.165) is 12.8 Å². The van der Waals surface area contributed by atoms with Crippen molar-refractivity contribution < 1.29 is 19.7 Å². The average Bonchev–Trinajstić information content (AvgIpc) is 2.46. The van der Waals surface area contributed by atoms with Crippen molar-refractivity contribution in [1.82, 2.24) is 4.90 Å². The van der Waals surface area contributed by atoms with Gasteiger partial charge in [-0.3, -0.25) is 9.69 Å². The van der Waals surface area contributed by atoms with Gasteiger partial charge in [0.1, 0.15) is 0 Å². The van der Waals surface area contributed by atoms with E-state index in [0.29, 0.717) is 19.7 Å². The first-order valence-corrected chi connectivity index (χ1v) is 5.37. The summed E-state index contributed by atoms with van der Waals surface area (Å²) in [4.78, 5) is 13.0. The van der Waals surface area contributed by atoms with Crippen LogP contribution in [0.1, 0.15) is 19.8 Å². The van der Waals surface area contributed by atoms with E-state index in [2.05, 4.69) is 0 Å². The summed E-state index contributed by atoms with van der Waals surface area (Å²) in [5.74, 6) is -0.287. The van der Waals surface area contributed by atoms with Gasteiger partial charge in [-0.2, -0.15) is 0 Å². The highest BCUT2D eigenvalue weighted by Crippen LogP contribution is 2.09. The first-order valence-electron chi connectivity index (χ1n) is 5.37. The lowest BCUT2D eigenvalue weighted by Crippen LogP contribution is -2.30. The van der Waals surface area contributed by atoms with Gasteiger partial charge >= 0.3 is 5.97 Å². The third-order valence-corrected chi connectivity index (χ3v) is 2.45. The summed E-state index contributed by atoms with van der Waals surface area (Å²) in [6, 6.07) is 0. The number of likely N-dealkylation sites (tertiary alicyclic amines) is 1. The lowest BCUT2D eigenvalue weighted by Gasteiger charge is -2.13. The molecule has 15 heavy (non-hydrogen) atoms. The van der Waals surface area contributed by atoms with Crippen LogP contribution < -0.4 is 0 Å². The van der Waals surface area contributed by atoms with E-state index >= 15 is 0 Å². The summed E-state index contributed by atoms with van der Waals surface area (Å²) < 4.78 is 4.97. The second-order valence-corrected chi connectivity index (χ2v) is 3.90. The third-order valence-electron chi connectivity index (χ3n) is 2.45. The normalized spacial score (nSPS) is 26.9. The first-order chi connectivity index (χ1) is 7.13. The van der Waals surface area contributed by atoms with Crippen LogP contribution in [-0.2, 0) is 9.53 Å². The Labute approximate surface area is 89.6 Å². The number of carbonyl (C=O) groups excluding carboxylic acids is 1. The molecule has 1 saturated heterocycles. The van der Waals surface area contributed by atoms with Gasteiger partial charge in [0.15, 0.2) is 0 Å². The Bertz CT molecular complexity index is 200. The van der Waals surface area contributed by atoms with E-state index in [9.17, 15) is 15.0 Å². The quantitative estimate of drug-likeness (QED) is 0.474. The molecule has 0 amide bonds. The monoisotopic (exact) mass is 217 g/mol. The molecule has 0 saturated carbocycles. The lowest BCUT2D eigenvalue weighted by molar-refractivity contribution is -0.144. The zero-order chi connectivity index (χ0) is 11.3. The minimum Gasteiger partial charge on any atom is -0.465 e. The van der Waals surface area contributed by atoms with Crippen LogP contribution in [0.5, 0.6) is 0 Å². The maximum atomic E-state index is 11.3. The number of β-amino-alcohol motifs (C(OH)–C–C–N with tert-alkyl or cyclic N) is 2. The van der Waals surface area contributed by atoms with Crippen molar-refractivity contribution in [2.75, 3.05) is 26.2 Å².